The Balaban J connectivity index is 2.54. The third-order valence-electron chi connectivity index (χ3n) is 1.88. The molecule has 6 heteroatoms. The Morgan fingerprint density at radius 2 is 2.13 bits per heavy atom. The summed E-state index contributed by atoms with van der Waals surface area (Å²) in [5.74, 6) is -0.339. The van der Waals surface area contributed by atoms with E-state index in [4.69, 9.17) is 10.5 Å². The van der Waals surface area contributed by atoms with E-state index in [0.717, 1.165) is 0 Å². The van der Waals surface area contributed by atoms with Gasteiger partial charge in [0.2, 0.25) is 5.95 Å². The first-order chi connectivity index (χ1) is 7.22. The Hall–Kier alpha value is -2.11. The summed E-state index contributed by atoms with van der Waals surface area (Å²) in [6.07, 6.45) is 0. The summed E-state index contributed by atoms with van der Waals surface area (Å²) in [4.78, 5) is 3.79. The van der Waals surface area contributed by atoms with Gasteiger partial charge in [0.05, 0.1) is 7.11 Å². The second-order valence-corrected chi connectivity index (χ2v) is 2.82. The molecule has 78 valence electrons. The summed E-state index contributed by atoms with van der Waals surface area (Å²) >= 11 is 0. The van der Waals surface area contributed by atoms with Crippen LogP contribution in [0.4, 0.5) is 10.3 Å². The van der Waals surface area contributed by atoms with Crippen molar-refractivity contribution < 1.29 is 9.13 Å². The molecule has 2 aromatic rings. The minimum absolute atomic E-state index is 0.0805. The third kappa shape index (κ3) is 1.61. The van der Waals surface area contributed by atoms with Crippen molar-refractivity contribution in [3.8, 4) is 11.7 Å². The highest BCUT2D eigenvalue weighted by molar-refractivity contribution is 5.39. The van der Waals surface area contributed by atoms with E-state index in [1.807, 2.05) is 0 Å². The van der Waals surface area contributed by atoms with E-state index in [2.05, 4.69) is 10.1 Å². The molecule has 0 unspecified atom stereocenters. The molecule has 0 saturated carbocycles. The number of ether oxygens (including phenoxy) is 1. The molecule has 0 aliphatic carbocycles. The minimum Gasteiger partial charge on any atom is -0.466 e. The zero-order valence-corrected chi connectivity index (χ0v) is 8.01. The molecule has 0 bridgehead atoms. The molecule has 0 aliphatic heterocycles. The lowest BCUT2D eigenvalue weighted by Gasteiger charge is -2.02. The van der Waals surface area contributed by atoms with Gasteiger partial charge in [-0.3, -0.25) is 0 Å². The van der Waals surface area contributed by atoms with Crippen LogP contribution >= 0.6 is 0 Å². The van der Waals surface area contributed by atoms with Gasteiger partial charge in [0.25, 0.3) is 0 Å². The van der Waals surface area contributed by atoms with E-state index in [-0.39, 0.29) is 17.6 Å². The van der Waals surface area contributed by atoms with E-state index in [1.54, 1.807) is 18.2 Å². The first kappa shape index (κ1) is 9.45. The lowest BCUT2D eigenvalue weighted by Crippen LogP contribution is -2.04. The minimum atomic E-state index is -0.420. The van der Waals surface area contributed by atoms with Crippen LogP contribution in [0.2, 0.25) is 0 Å². The number of aromatic nitrogens is 3. The molecule has 15 heavy (non-hydrogen) atoms. The van der Waals surface area contributed by atoms with Crippen LogP contribution in [0.25, 0.3) is 5.69 Å². The van der Waals surface area contributed by atoms with Gasteiger partial charge in [-0.15, -0.1) is 5.10 Å². The summed E-state index contributed by atoms with van der Waals surface area (Å²) in [5, 5.41) is 3.88. The van der Waals surface area contributed by atoms with Gasteiger partial charge in [-0.1, -0.05) is 12.1 Å². The molecule has 2 rings (SSSR count). The highest BCUT2D eigenvalue weighted by Crippen LogP contribution is 2.17. The van der Waals surface area contributed by atoms with Gasteiger partial charge in [0.15, 0.2) is 0 Å². The molecular weight excluding hydrogens is 199 g/mol. The first-order valence-electron chi connectivity index (χ1n) is 4.24. The van der Waals surface area contributed by atoms with Gasteiger partial charge in [0.1, 0.15) is 11.5 Å². The number of para-hydroxylation sites is 1. The molecule has 0 fully saturated rings. The molecule has 0 radical (unpaired) electrons. The molecule has 5 nitrogen and oxygen atoms in total. The molecule has 0 amide bonds. The van der Waals surface area contributed by atoms with E-state index in [9.17, 15) is 4.39 Å². The second kappa shape index (κ2) is 3.56. The second-order valence-electron chi connectivity index (χ2n) is 2.82. The maximum atomic E-state index is 13.4. The van der Waals surface area contributed by atoms with Gasteiger partial charge < -0.3 is 10.5 Å². The first-order valence-corrected chi connectivity index (χ1v) is 4.24. The van der Waals surface area contributed by atoms with E-state index < -0.39 is 5.82 Å². The Labute approximate surface area is 85.3 Å². The van der Waals surface area contributed by atoms with Crippen molar-refractivity contribution in [2.75, 3.05) is 12.8 Å². The van der Waals surface area contributed by atoms with Crippen molar-refractivity contribution in [3.05, 3.63) is 30.1 Å². The summed E-state index contributed by atoms with van der Waals surface area (Å²) in [6.45, 7) is 0. The Bertz CT molecular complexity index is 483. The van der Waals surface area contributed by atoms with Crippen LogP contribution in [0.15, 0.2) is 24.3 Å². The van der Waals surface area contributed by atoms with Crippen LogP contribution in [0.5, 0.6) is 6.01 Å². The molecule has 1 aromatic heterocycles. The average Bonchev–Trinajstić information content (AvgIpc) is 2.60. The van der Waals surface area contributed by atoms with Crippen LogP contribution in [0.3, 0.4) is 0 Å². The van der Waals surface area contributed by atoms with Crippen LogP contribution in [0, 0.1) is 5.82 Å². The Kier molecular flexibility index (Phi) is 2.24. The lowest BCUT2D eigenvalue weighted by molar-refractivity contribution is 0.379. The topological polar surface area (TPSA) is 66.0 Å². The number of benzene rings is 1. The molecule has 2 N–H and O–H groups in total. The summed E-state index contributed by atoms with van der Waals surface area (Å²) in [5.41, 5.74) is 5.80. The van der Waals surface area contributed by atoms with Crippen LogP contribution in [-0.2, 0) is 0 Å². The molecule has 0 atom stereocenters. The number of halogens is 1. The van der Waals surface area contributed by atoms with Gasteiger partial charge in [0, 0.05) is 0 Å². The van der Waals surface area contributed by atoms with Gasteiger partial charge in [-0.25, -0.2) is 4.39 Å². The molecule has 0 spiro atoms. The van der Waals surface area contributed by atoms with Crippen molar-refractivity contribution in [1.82, 2.24) is 14.8 Å². The molecule has 0 aliphatic rings. The third-order valence-corrected chi connectivity index (χ3v) is 1.88. The SMILES string of the molecule is COc1nc(N)n(-c2ccccc2F)n1. The van der Waals surface area contributed by atoms with Gasteiger partial charge in [-0.2, -0.15) is 9.67 Å². The monoisotopic (exact) mass is 208 g/mol. The fraction of sp³-hybridized carbons (Fsp3) is 0.111. The molecule has 1 heterocycles. The number of hydrogen-bond donors (Lipinski definition) is 1. The largest absolute Gasteiger partial charge is 0.466 e. The summed E-state index contributed by atoms with van der Waals surface area (Å²) in [7, 11) is 1.42. The summed E-state index contributed by atoms with van der Waals surface area (Å²) < 4.78 is 19.4. The van der Waals surface area contributed by atoms with Gasteiger partial charge >= 0.3 is 6.01 Å². The van der Waals surface area contributed by atoms with Crippen molar-refractivity contribution in [3.63, 3.8) is 0 Å². The standard InChI is InChI=1S/C9H9FN4O/c1-15-9-12-8(11)14(13-9)7-5-3-2-4-6(7)10/h2-5H,1H3,(H2,11,12,13). The number of nitrogens with zero attached hydrogens (tertiary/aromatic N) is 3. The predicted molar refractivity (Wildman–Crippen MR) is 52.3 cm³/mol. The van der Waals surface area contributed by atoms with Crippen molar-refractivity contribution in [2.24, 2.45) is 0 Å². The maximum absolute atomic E-state index is 13.4. The zero-order valence-electron chi connectivity index (χ0n) is 8.01. The fourth-order valence-corrected chi connectivity index (χ4v) is 1.19. The Morgan fingerprint density at radius 1 is 1.40 bits per heavy atom. The maximum Gasteiger partial charge on any atom is 0.337 e. The molecule has 0 saturated heterocycles. The highest BCUT2D eigenvalue weighted by atomic mass is 19.1. The Morgan fingerprint density at radius 3 is 2.73 bits per heavy atom. The smallest absolute Gasteiger partial charge is 0.337 e. The summed E-state index contributed by atoms with van der Waals surface area (Å²) in [6, 6.07) is 6.26. The predicted octanol–water partition coefficient (Wildman–Crippen LogP) is 0.997. The number of rotatable bonds is 2. The highest BCUT2D eigenvalue weighted by Gasteiger charge is 2.11. The molecule has 1 aromatic carbocycles. The van der Waals surface area contributed by atoms with Crippen LogP contribution in [0.1, 0.15) is 0 Å². The zero-order chi connectivity index (χ0) is 10.8. The van der Waals surface area contributed by atoms with E-state index in [1.165, 1.54) is 17.9 Å². The van der Waals surface area contributed by atoms with Crippen LogP contribution in [-0.4, -0.2) is 21.9 Å². The number of nitrogens with two attached hydrogens (primary N) is 1. The number of methoxy groups -OCH3 is 1. The number of nitrogen functional groups attached to an aromatic ring is 1. The number of hydrogen-bond acceptors (Lipinski definition) is 4. The van der Waals surface area contributed by atoms with Crippen molar-refractivity contribution in [2.45, 2.75) is 0 Å². The fourth-order valence-electron chi connectivity index (χ4n) is 1.19. The van der Waals surface area contributed by atoms with E-state index in [0.29, 0.717) is 0 Å². The molecular formula is C9H9FN4O. The van der Waals surface area contributed by atoms with E-state index >= 15 is 0 Å². The average molecular weight is 208 g/mol. The van der Waals surface area contributed by atoms with Crippen LogP contribution < -0.4 is 10.5 Å². The normalized spacial score (nSPS) is 10.3. The number of anilines is 1. The van der Waals surface area contributed by atoms with Crippen molar-refractivity contribution in [1.29, 1.82) is 0 Å². The van der Waals surface area contributed by atoms with Crippen molar-refractivity contribution >= 4 is 5.95 Å². The lowest BCUT2D eigenvalue weighted by atomic mass is 10.3. The quantitative estimate of drug-likeness (QED) is 0.799. The van der Waals surface area contributed by atoms with Gasteiger partial charge in [-0.05, 0) is 12.1 Å².